The highest BCUT2D eigenvalue weighted by Gasteiger charge is 2.34. The summed E-state index contributed by atoms with van der Waals surface area (Å²) in [6.45, 7) is 10.4. The second-order valence-electron chi connectivity index (χ2n) is 17.5. The lowest BCUT2D eigenvalue weighted by Crippen LogP contribution is -2.34. The number of amidine groups is 1. The van der Waals surface area contributed by atoms with Gasteiger partial charge >= 0.3 is 21.8 Å². The Labute approximate surface area is 475 Å². The van der Waals surface area contributed by atoms with Gasteiger partial charge in [0.05, 0.1) is 168 Å². The molecule has 0 saturated carbocycles. The minimum atomic E-state index is -5.65. The number of benzene rings is 3. The number of aromatic amines is 1. The van der Waals surface area contributed by atoms with E-state index in [9.17, 15) is 45.2 Å². The number of H-pyrrole nitrogens is 1. The standard InChI is InChI=1S/C53H70F4N6O19S/c1-3-11-62(81-4-2)52(66)38-32-36-5-7-39(35-41(36)60-43(58)34-38)63-42-33-37(6-8-40(42)61-53(63)67)51(65)59-10-13-72-15-17-74-19-21-76-23-25-78-27-29-80-31-30-79-28-26-77-24-22-75-20-18-73-16-14-71-12-9-44(64)82-49-45(54)47(56)50(83(68,69)70)48(57)46(49)55/h5-8,32-33,35H,3-4,9-31,34H2,1-2H3,(H2,58,60)(H,59,65)(H,61,67)(H,68,69,70). The van der Waals surface area contributed by atoms with Crippen molar-refractivity contribution in [3.05, 3.63) is 86.9 Å². The average molecular weight is 1200 g/mol. The van der Waals surface area contributed by atoms with Crippen LogP contribution in [0.1, 0.15) is 49.0 Å². The maximum Gasteiger partial charge on any atom is 0.331 e. The van der Waals surface area contributed by atoms with Crippen molar-refractivity contribution < 1.29 is 102 Å². The molecular formula is C53H70F4N6O19S. The van der Waals surface area contributed by atoms with Crippen molar-refractivity contribution in [1.82, 2.24) is 19.9 Å². The molecule has 1 aromatic heterocycles. The number of amides is 2. The van der Waals surface area contributed by atoms with Crippen LogP contribution in [0.3, 0.4) is 0 Å². The van der Waals surface area contributed by atoms with E-state index in [0.29, 0.717) is 151 Å². The molecule has 2 amide bonds. The van der Waals surface area contributed by atoms with E-state index in [4.69, 9.17) is 62.5 Å². The highest BCUT2D eigenvalue weighted by Crippen LogP contribution is 2.33. The second-order valence-corrected chi connectivity index (χ2v) is 18.9. The van der Waals surface area contributed by atoms with Gasteiger partial charge < -0.3 is 68.1 Å². The molecule has 30 heteroatoms. The number of halogens is 4. The van der Waals surface area contributed by atoms with Crippen molar-refractivity contribution in [3.8, 4) is 11.4 Å². The number of nitrogens with zero attached hydrogens (tertiary/aromatic N) is 3. The van der Waals surface area contributed by atoms with E-state index >= 15 is 0 Å². The van der Waals surface area contributed by atoms with Crippen LogP contribution >= 0.6 is 0 Å². The number of ether oxygens (including phenoxy) is 11. The van der Waals surface area contributed by atoms with E-state index < -0.39 is 62.1 Å². The van der Waals surface area contributed by atoms with E-state index in [2.05, 4.69) is 20.0 Å². The third-order valence-corrected chi connectivity index (χ3v) is 12.3. The number of rotatable bonds is 42. The Morgan fingerprint density at radius 3 is 1.67 bits per heavy atom. The maximum atomic E-state index is 14.0. The summed E-state index contributed by atoms with van der Waals surface area (Å²) in [6.07, 6.45) is 1.99. The van der Waals surface area contributed by atoms with Crippen LogP contribution in [0, 0.1) is 23.3 Å². The van der Waals surface area contributed by atoms with Crippen molar-refractivity contribution in [1.29, 1.82) is 0 Å². The minimum absolute atomic E-state index is 0.0121. The first-order chi connectivity index (χ1) is 40.0. The van der Waals surface area contributed by atoms with Gasteiger partial charge in [0.25, 0.3) is 11.8 Å². The molecule has 0 fully saturated rings. The summed E-state index contributed by atoms with van der Waals surface area (Å²) in [4.78, 5) is 62.2. The predicted molar refractivity (Wildman–Crippen MR) is 288 cm³/mol. The number of aromatic nitrogens is 2. The van der Waals surface area contributed by atoms with Gasteiger partial charge in [-0.15, -0.1) is 0 Å². The highest BCUT2D eigenvalue weighted by molar-refractivity contribution is 7.85. The van der Waals surface area contributed by atoms with Gasteiger partial charge in [-0.05, 0) is 49.8 Å². The number of nitrogens with two attached hydrogens (primary N) is 1. The number of nitrogens with one attached hydrogen (secondary N) is 2. The van der Waals surface area contributed by atoms with Crippen LogP contribution in [0.2, 0.25) is 0 Å². The Balaban J connectivity index is 0.779. The first-order valence-corrected chi connectivity index (χ1v) is 28.0. The van der Waals surface area contributed by atoms with Gasteiger partial charge in [0, 0.05) is 36.2 Å². The fourth-order valence-electron chi connectivity index (χ4n) is 7.55. The van der Waals surface area contributed by atoms with Crippen molar-refractivity contribution in [2.24, 2.45) is 10.7 Å². The molecule has 5 rings (SSSR count). The number of aliphatic imine (C=N–C) groups is 1. The summed E-state index contributed by atoms with van der Waals surface area (Å²) in [5.74, 6) is -13.1. The minimum Gasteiger partial charge on any atom is -0.420 e. The lowest BCUT2D eigenvalue weighted by Gasteiger charge is -2.21. The van der Waals surface area contributed by atoms with E-state index in [0.717, 1.165) is 0 Å². The molecule has 2 heterocycles. The molecule has 460 valence electrons. The van der Waals surface area contributed by atoms with E-state index in [1.807, 2.05) is 13.8 Å². The molecule has 0 spiro atoms. The maximum absolute atomic E-state index is 14.0. The van der Waals surface area contributed by atoms with Crippen LogP contribution in [0.15, 0.2) is 56.7 Å². The van der Waals surface area contributed by atoms with Crippen molar-refractivity contribution in [2.75, 3.05) is 152 Å². The van der Waals surface area contributed by atoms with Crippen LogP contribution in [-0.2, 0) is 71.9 Å². The Morgan fingerprint density at radius 2 is 1.19 bits per heavy atom. The number of hydrogen-bond donors (Lipinski definition) is 4. The van der Waals surface area contributed by atoms with E-state index in [1.54, 1.807) is 42.5 Å². The first-order valence-electron chi connectivity index (χ1n) is 26.5. The molecule has 0 atom stereocenters. The van der Waals surface area contributed by atoms with E-state index in [1.165, 1.54) is 9.63 Å². The number of carbonyl (C=O) groups is 3. The monoisotopic (exact) mass is 1200 g/mol. The quantitative estimate of drug-likeness (QED) is 0.00927. The summed E-state index contributed by atoms with van der Waals surface area (Å²) in [5.41, 5.74) is 9.26. The summed E-state index contributed by atoms with van der Waals surface area (Å²) >= 11 is 0. The molecule has 0 aliphatic carbocycles. The molecule has 0 bridgehead atoms. The van der Waals surface area contributed by atoms with Gasteiger partial charge in [-0.3, -0.25) is 28.3 Å². The molecule has 5 N–H and O–H groups in total. The number of hydrogen-bond acceptors (Lipinski definition) is 20. The van der Waals surface area contributed by atoms with Crippen LogP contribution < -0.4 is 21.5 Å². The molecule has 0 unspecified atom stereocenters. The Hall–Kier alpha value is -6.26. The Kier molecular flexibility index (Phi) is 29.7. The molecule has 4 aromatic rings. The second kappa shape index (κ2) is 36.4. The average Bonchev–Trinajstić information content (AvgIpc) is 2.78. The number of carbonyl (C=O) groups excluding carboxylic acids is 3. The van der Waals surface area contributed by atoms with E-state index in [-0.39, 0.29) is 70.3 Å². The zero-order valence-corrected chi connectivity index (χ0v) is 46.9. The lowest BCUT2D eigenvalue weighted by atomic mass is 10.1. The summed E-state index contributed by atoms with van der Waals surface area (Å²) in [5, 5.41) is 4.17. The lowest BCUT2D eigenvalue weighted by molar-refractivity contribution is -0.180. The fourth-order valence-corrected chi connectivity index (χ4v) is 8.18. The molecule has 83 heavy (non-hydrogen) atoms. The number of imidazole rings is 1. The zero-order chi connectivity index (χ0) is 60.0. The van der Waals surface area contributed by atoms with Gasteiger partial charge in [-0.1, -0.05) is 13.0 Å². The molecule has 25 nitrogen and oxygen atoms in total. The topological polar surface area (TPSA) is 308 Å². The zero-order valence-electron chi connectivity index (χ0n) is 46.1. The molecular weight excluding hydrogens is 1130 g/mol. The van der Waals surface area contributed by atoms with Crippen molar-refractivity contribution >= 4 is 56.5 Å². The van der Waals surface area contributed by atoms with Crippen LogP contribution in [0.4, 0.5) is 23.2 Å². The molecule has 1 aliphatic heterocycles. The number of hydroxylamine groups is 2. The van der Waals surface area contributed by atoms with Crippen LogP contribution in [-0.4, -0.2) is 203 Å². The normalized spacial score (nSPS) is 12.5. The molecule has 1 aliphatic rings. The van der Waals surface area contributed by atoms with Gasteiger partial charge in [0.2, 0.25) is 17.4 Å². The van der Waals surface area contributed by atoms with Crippen LogP contribution in [0.5, 0.6) is 5.75 Å². The summed E-state index contributed by atoms with van der Waals surface area (Å²) in [6, 6.07) is 10.1. The van der Waals surface area contributed by atoms with Gasteiger partial charge in [-0.2, -0.15) is 17.2 Å². The molecule has 3 aromatic carbocycles. The van der Waals surface area contributed by atoms with Crippen molar-refractivity contribution in [2.45, 2.75) is 38.0 Å². The molecule has 0 radical (unpaired) electrons. The highest BCUT2D eigenvalue weighted by atomic mass is 32.2. The Morgan fingerprint density at radius 1 is 0.699 bits per heavy atom. The fraction of sp³-hybridized carbons (Fsp3) is 0.528. The largest absolute Gasteiger partial charge is 0.420 e. The van der Waals surface area contributed by atoms with Gasteiger partial charge in [-0.25, -0.2) is 23.6 Å². The third-order valence-electron chi connectivity index (χ3n) is 11.4. The predicted octanol–water partition coefficient (Wildman–Crippen LogP) is 3.98. The molecule has 0 saturated heterocycles. The van der Waals surface area contributed by atoms with Gasteiger partial charge in [0.1, 0.15) is 5.84 Å². The first kappa shape index (κ1) is 67.5. The summed E-state index contributed by atoms with van der Waals surface area (Å²) in [7, 11) is -5.65. The van der Waals surface area contributed by atoms with Gasteiger partial charge in [0.15, 0.2) is 16.5 Å². The third kappa shape index (κ3) is 22.4. The van der Waals surface area contributed by atoms with Crippen molar-refractivity contribution in [3.63, 3.8) is 0 Å². The SMILES string of the molecule is CCCN(OCC)C(=O)C1=Cc2ccc(-n3c(=O)[nH]c4ccc(C(=O)NCCOCCOCCOCCOCCOCCOCCOCCOCCOCCOCCC(=O)Oc5c(F)c(F)c(S(=O)(=O)O)c(F)c5F)cc43)cc2N=C(N)C1. The number of esters is 1. The van der Waals surface area contributed by atoms with Crippen LogP contribution in [0.25, 0.3) is 22.8 Å². The number of fused-ring (bicyclic) bond motifs is 2. The smallest absolute Gasteiger partial charge is 0.331 e. The Bertz CT molecular complexity index is 2930. The summed E-state index contributed by atoms with van der Waals surface area (Å²) < 4.78 is 147.